The highest BCUT2D eigenvalue weighted by atomic mass is 19.1. The molecule has 0 radical (unpaired) electrons. The minimum atomic E-state index is -0.619. The van der Waals surface area contributed by atoms with Gasteiger partial charge in [0.1, 0.15) is 11.6 Å². The van der Waals surface area contributed by atoms with Crippen molar-refractivity contribution in [3.8, 4) is 22.8 Å². The number of benzene rings is 1. The Balaban J connectivity index is 1.26. The Morgan fingerprint density at radius 3 is 2.73 bits per heavy atom. The SMILES string of the molecule is Cn1c(=O)n2c3c4c(c(-c5ccc(OCCCN6CCCCC6)nc5)c(F)cc4ncc31)OC(c1ccccn1)C2. The van der Waals surface area contributed by atoms with Gasteiger partial charge in [0.25, 0.3) is 0 Å². The lowest BCUT2D eigenvalue weighted by Crippen LogP contribution is -2.31. The molecule has 1 fully saturated rings. The Kier molecular flexibility index (Phi) is 6.62. The van der Waals surface area contributed by atoms with Crippen LogP contribution in [0.25, 0.3) is 33.1 Å². The minimum Gasteiger partial charge on any atom is -0.481 e. The molecule has 0 N–H and O–H groups in total. The highest BCUT2D eigenvalue weighted by molar-refractivity contribution is 6.09. The van der Waals surface area contributed by atoms with E-state index in [9.17, 15) is 4.79 Å². The molecule has 1 atom stereocenters. The largest absolute Gasteiger partial charge is 0.481 e. The molecule has 4 aromatic heterocycles. The lowest BCUT2D eigenvalue weighted by Gasteiger charge is -2.26. The number of likely N-dealkylation sites (tertiary alicyclic amines) is 1. The maximum absolute atomic E-state index is 15.9. The summed E-state index contributed by atoms with van der Waals surface area (Å²) in [5.41, 5.74) is 2.99. The van der Waals surface area contributed by atoms with Crippen LogP contribution in [0.1, 0.15) is 37.5 Å². The van der Waals surface area contributed by atoms with Gasteiger partial charge < -0.3 is 14.4 Å². The zero-order chi connectivity index (χ0) is 27.9. The van der Waals surface area contributed by atoms with Crippen LogP contribution in [0.5, 0.6) is 11.6 Å². The number of halogens is 1. The van der Waals surface area contributed by atoms with E-state index in [-0.39, 0.29) is 17.8 Å². The summed E-state index contributed by atoms with van der Waals surface area (Å²) in [6.07, 6.45) is 9.07. The van der Waals surface area contributed by atoms with Crippen LogP contribution in [-0.4, -0.2) is 55.2 Å². The number of hydrogen-bond donors (Lipinski definition) is 0. The van der Waals surface area contributed by atoms with E-state index in [2.05, 4.69) is 19.9 Å². The molecule has 5 aromatic rings. The molecule has 2 aliphatic rings. The average Bonchev–Trinajstić information content (AvgIpc) is 3.13. The van der Waals surface area contributed by atoms with E-state index in [1.807, 2.05) is 18.2 Å². The zero-order valence-electron chi connectivity index (χ0n) is 22.9. The quantitative estimate of drug-likeness (QED) is 0.265. The van der Waals surface area contributed by atoms with Crippen LogP contribution in [0.15, 0.2) is 59.8 Å². The van der Waals surface area contributed by atoms with E-state index in [0.29, 0.717) is 51.4 Å². The first-order valence-corrected chi connectivity index (χ1v) is 14.2. The van der Waals surface area contributed by atoms with Crippen LogP contribution < -0.4 is 15.2 Å². The van der Waals surface area contributed by atoms with Gasteiger partial charge in [-0.1, -0.05) is 12.5 Å². The smallest absolute Gasteiger partial charge is 0.329 e. The van der Waals surface area contributed by atoms with Gasteiger partial charge in [-0.15, -0.1) is 0 Å². The number of ether oxygens (including phenoxy) is 2. The first kappa shape index (κ1) is 25.6. The van der Waals surface area contributed by atoms with E-state index < -0.39 is 11.9 Å². The second-order valence-electron chi connectivity index (χ2n) is 10.8. The maximum atomic E-state index is 15.9. The molecule has 210 valence electrons. The Hall–Kier alpha value is -4.31. The van der Waals surface area contributed by atoms with E-state index in [1.165, 1.54) is 25.3 Å². The third-order valence-corrected chi connectivity index (χ3v) is 8.14. The van der Waals surface area contributed by atoms with Gasteiger partial charge in [0.2, 0.25) is 5.88 Å². The number of imidazole rings is 1. The second kappa shape index (κ2) is 10.6. The van der Waals surface area contributed by atoms with Crippen molar-refractivity contribution in [3.05, 3.63) is 77.0 Å². The summed E-state index contributed by atoms with van der Waals surface area (Å²) in [6, 6.07) is 10.5. The van der Waals surface area contributed by atoms with Crippen molar-refractivity contribution >= 4 is 21.9 Å². The monoisotopic (exact) mass is 554 g/mol. The number of hydrogen-bond acceptors (Lipinski definition) is 7. The summed E-state index contributed by atoms with van der Waals surface area (Å²) in [6.45, 7) is 4.15. The van der Waals surface area contributed by atoms with Crippen molar-refractivity contribution < 1.29 is 13.9 Å². The molecule has 10 heteroatoms. The topological polar surface area (TPSA) is 87.3 Å². The lowest BCUT2D eigenvalue weighted by molar-refractivity contribution is 0.184. The predicted octanol–water partition coefficient (Wildman–Crippen LogP) is 4.87. The molecular formula is C31H31FN6O3. The fourth-order valence-electron chi connectivity index (χ4n) is 6.05. The molecule has 0 bridgehead atoms. The van der Waals surface area contributed by atoms with Crippen LogP contribution >= 0.6 is 0 Å². The molecule has 0 saturated carbocycles. The predicted molar refractivity (Wildman–Crippen MR) is 154 cm³/mol. The fourth-order valence-corrected chi connectivity index (χ4v) is 6.05. The van der Waals surface area contributed by atoms with Crippen LogP contribution in [0, 0.1) is 5.82 Å². The van der Waals surface area contributed by atoms with E-state index in [4.69, 9.17) is 9.47 Å². The summed E-state index contributed by atoms with van der Waals surface area (Å²) in [5.74, 6) is 0.332. The second-order valence-corrected chi connectivity index (χ2v) is 10.8. The molecule has 41 heavy (non-hydrogen) atoms. The Morgan fingerprint density at radius 1 is 1.07 bits per heavy atom. The number of rotatable bonds is 7. The third kappa shape index (κ3) is 4.61. The molecular weight excluding hydrogens is 523 g/mol. The van der Waals surface area contributed by atoms with Gasteiger partial charge in [-0.3, -0.25) is 19.1 Å². The highest BCUT2D eigenvalue weighted by Crippen LogP contribution is 2.45. The molecule has 2 aliphatic heterocycles. The number of aromatic nitrogens is 5. The van der Waals surface area contributed by atoms with Gasteiger partial charge in [-0.2, -0.15) is 0 Å². The Bertz CT molecular complexity index is 1780. The summed E-state index contributed by atoms with van der Waals surface area (Å²) in [4.78, 5) is 29.3. The first-order chi connectivity index (χ1) is 20.1. The Labute approximate surface area is 236 Å². The van der Waals surface area contributed by atoms with Gasteiger partial charge in [-0.05, 0) is 50.6 Å². The molecule has 1 unspecified atom stereocenters. The molecule has 0 spiro atoms. The van der Waals surface area contributed by atoms with Crippen LogP contribution in [-0.2, 0) is 13.6 Å². The van der Waals surface area contributed by atoms with Gasteiger partial charge in [0.15, 0.2) is 6.10 Å². The molecule has 1 saturated heterocycles. The van der Waals surface area contributed by atoms with Crippen molar-refractivity contribution in [2.45, 2.75) is 38.3 Å². The first-order valence-electron chi connectivity index (χ1n) is 14.2. The molecule has 9 nitrogen and oxygen atoms in total. The van der Waals surface area contributed by atoms with Crippen molar-refractivity contribution in [3.63, 3.8) is 0 Å². The van der Waals surface area contributed by atoms with Crippen molar-refractivity contribution in [1.29, 1.82) is 0 Å². The molecule has 0 amide bonds. The van der Waals surface area contributed by atoms with Crippen LogP contribution in [0.4, 0.5) is 4.39 Å². The van der Waals surface area contributed by atoms with E-state index in [1.54, 1.807) is 46.9 Å². The van der Waals surface area contributed by atoms with Gasteiger partial charge in [0.05, 0.1) is 52.5 Å². The normalized spacial score (nSPS) is 17.2. The molecule has 0 aliphatic carbocycles. The van der Waals surface area contributed by atoms with Crippen molar-refractivity contribution in [1.82, 2.24) is 29.0 Å². The van der Waals surface area contributed by atoms with Gasteiger partial charge in [0, 0.05) is 43.7 Å². The lowest BCUT2D eigenvalue weighted by atomic mass is 10.0. The van der Waals surface area contributed by atoms with Gasteiger partial charge >= 0.3 is 5.69 Å². The summed E-state index contributed by atoms with van der Waals surface area (Å²) >= 11 is 0. The number of aryl methyl sites for hydroxylation is 1. The standard InChI is InChI=1S/C31H31FN6O3/c1-36-24-18-34-23-16-21(32)27(20-9-10-26(35-17-20)40-15-7-14-37-12-5-2-6-13-37)30-28(23)29(24)38(31(36)39)19-25(41-30)22-8-3-4-11-33-22/h3-4,8-11,16-18,25H,2,5-7,12-15,19H2,1H3. The van der Waals surface area contributed by atoms with Gasteiger partial charge in [-0.25, -0.2) is 14.2 Å². The number of nitrogens with zero attached hydrogens (tertiary/aromatic N) is 6. The maximum Gasteiger partial charge on any atom is 0.329 e. The van der Waals surface area contributed by atoms with E-state index in [0.717, 1.165) is 26.1 Å². The zero-order valence-corrected chi connectivity index (χ0v) is 22.9. The molecule has 7 rings (SSSR count). The third-order valence-electron chi connectivity index (χ3n) is 8.14. The summed E-state index contributed by atoms with van der Waals surface area (Å²) < 4.78 is 31.6. The minimum absolute atomic E-state index is 0.194. The molecule has 6 heterocycles. The number of pyridine rings is 3. The average molecular weight is 555 g/mol. The van der Waals surface area contributed by atoms with E-state index >= 15 is 4.39 Å². The van der Waals surface area contributed by atoms with Crippen LogP contribution in [0.3, 0.4) is 0 Å². The number of piperidine rings is 1. The van der Waals surface area contributed by atoms with Crippen LogP contribution in [0.2, 0.25) is 0 Å². The van der Waals surface area contributed by atoms with Crippen molar-refractivity contribution in [2.75, 3.05) is 26.2 Å². The summed E-state index contributed by atoms with van der Waals surface area (Å²) in [7, 11) is 1.71. The summed E-state index contributed by atoms with van der Waals surface area (Å²) in [5, 5.41) is 0.591. The Morgan fingerprint density at radius 2 is 1.95 bits per heavy atom. The highest BCUT2D eigenvalue weighted by Gasteiger charge is 2.31. The van der Waals surface area contributed by atoms with Crippen molar-refractivity contribution in [2.24, 2.45) is 7.05 Å². The fraction of sp³-hybridized carbons (Fsp3) is 0.355. The molecule has 1 aromatic carbocycles.